The third kappa shape index (κ3) is 4.73. The lowest BCUT2D eigenvalue weighted by Gasteiger charge is -2.35. The minimum Gasteiger partial charge on any atom is -0.497 e. The summed E-state index contributed by atoms with van der Waals surface area (Å²) >= 11 is 0. The molecule has 0 aromatic heterocycles. The number of hydrogen-bond acceptors (Lipinski definition) is 4. The van der Waals surface area contributed by atoms with Crippen molar-refractivity contribution in [2.45, 2.75) is 44.6 Å². The number of amides is 1. The molecule has 150 valence electrons. The molecular weight excluding hydrogens is 361 g/mol. The van der Waals surface area contributed by atoms with Gasteiger partial charge in [-0.05, 0) is 48.4 Å². The van der Waals surface area contributed by atoms with E-state index < -0.39 is 17.8 Å². The van der Waals surface area contributed by atoms with E-state index >= 15 is 0 Å². The molecule has 0 spiro atoms. The summed E-state index contributed by atoms with van der Waals surface area (Å²) in [6.07, 6.45) is -3.71. The van der Waals surface area contributed by atoms with Gasteiger partial charge in [0, 0.05) is 26.6 Å². The summed E-state index contributed by atoms with van der Waals surface area (Å²) < 4.78 is 44.3. The zero-order chi connectivity index (χ0) is 19.8. The normalized spacial score (nSPS) is 28.7. The Bertz CT molecular complexity index is 695. The first-order valence-electron chi connectivity index (χ1n) is 9.08. The van der Waals surface area contributed by atoms with Crippen LogP contribution in [0.15, 0.2) is 18.2 Å². The van der Waals surface area contributed by atoms with Crippen molar-refractivity contribution in [3.8, 4) is 5.75 Å². The quantitative estimate of drug-likeness (QED) is 0.834. The second kappa shape index (κ2) is 7.67. The number of fused-ring (bicyclic) bond motifs is 1. The van der Waals surface area contributed by atoms with Crippen molar-refractivity contribution in [3.63, 3.8) is 0 Å². The van der Waals surface area contributed by atoms with Crippen LogP contribution >= 0.6 is 0 Å². The molecule has 3 rings (SSSR count). The van der Waals surface area contributed by atoms with Crippen LogP contribution in [0.4, 0.5) is 13.2 Å². The first-order valence-corrected chi connectivity index (χ1v) is 9.08. The topological polar surface area (TPSA) is 61.8 Å². The Morgan fingerprint density at radius 3 is 2.52 bits per heavy atom. The van der Waals surface area contributed by atoms with Crippen molar-refractivity contribution < 1.29 is 27.8 Å². The lowest BCUT2D eigenvalue weighted by Crippen LogP contribution is -2.48. The second-order valence-corrected chi connectivity index (χ2v) is 7.63. The molecule has 0 radical (unpaired) electrons. The van der Waals surface area contributed by atoms with Crippen LogP contribution in [-0.4, -0.2) is 48.3 Å². The van der Waals surface area contributed by atoms with Crippen molar-refractivity contribution in [2.24, 2.45) is 11.8 Å². The van der Waals surface area contributed by atoms with Crippen LogP contribution in [0.25, 0.3) is 0 Å². The fourth-order valence-corrected chi connectivity index (χ4v) is 4.36. The predicted octanol–water partition coefficient (Wildman–Crippen LogP) is 2.42. The number of ether oxygens (including phenoxy) is 1. The van der Waals surface area contributed by atoms with Gasteiger partial charge in [-0.3, -0.25) is 9.69 Å². The third-order valence-electron chi connectivity index (χ3n) is 5.54. The predicted molar refractivity (Wildman–Crippen MR) is 93.1 cm³/mol. The van der Waals surface area contributed by atoms with Gasteiger partial charge < -0.3 is 15.2 Å². The number of alkyl halides is 3. The molecule has 1 heterocycles. The van der Waals surface area contributed by atoms with Crippen molar-refractivity contribution >= 4 is 5.91 Å². The summed E-state index contributed by atoms with van der Waals surface area (Å²) in [5.41, 5.74) is -0.158. The van der Waals surface area contributed by atoms with Crippen LogP contribution in [-0.2, 0) is 17.5 Å². The third-order valence-corrected chi connectivity index (χ3v) is 5.54. The first kappa shape index (κ1) is 19.9. The Hall–Kier alpha value is -1.80. The summed E-state index contributed by atoms with van der Waals surface area (Å²) in [5.74, 6) is 0.636. The fraction of sp³-hybridized carbons (Fsp3) is 0.632. The SMILES string of the molecule is COc1cc(CN2C[C@H]3C[C@@H](NC(C)=O)[C@H](O)C[C@H]3C2)cc(C(F)(F)F)c1. The highest BCUT2D eigenvalue weighted by Gasteiger charge is 2.42. The van der Waals surface area contributed by atoms with E-state index in [9.17, 15) is 23.1 Å². The van der Waals surface area contributed by atoms with Crippen molar-refractivity contribution in [3.05, 3.63) is 29.3 Å². The van der Waals surface area contributed by atoms with Crippen molar-refractivity contribution in [1.82, 2.24) is 10.2 Å². The number of hydrogen-bond donors (Lipinski definition) is 2. The Morgan fingerprint density at radius 1 is 1.26 bits per heavy atom. The maximum atomic E-state index is 13.1. The van der Waals surface area contributed by atoms with E-state index in [1.165, 1.54) is 20.1 Å². The molecule has 1 saturated heterocycles. The molecule has 1 aromatic carbocycles. The number of carbonyl (C=O) groups excluding carboxylic acids is 1. The van der Waals surface area contributed by atoms with Gasteiger partial charge in [0.1, 0.15) is 5.75 Å². The highest BCUT2D eigenvalue weighted by Crippen LogP contribution is 2.38. The molecule has 1 aromatic rings. The van der Waals surface area contributed by atoms with E-state index in [1.54, 1.807) is 6.07 Å². The minimum atomic E-state index is -4.42. The molecule has 27 heavy (non-hydrogen) atoms. The molecule has 2 N–H and O–H groups in total. The van der Waals surface area contributed by atoms with E-state index in [4.69, 9.17) is 4.74 Å². The molecule has 1 aliphatic heterocycles. The molecule has 0 bridgehead atoms. The van der Waals surface area contributed by atoms with Gasteiger partial charge in [-0.2, -0.15) is 13.2 Å². The van der Waals surface area contributed by atoms with Crippen LogP contribution in [0.5, 0.6) is 5.75 Å². The van der Waals surface area contributed by atoms with Gasteiger partial charge in [-0.1, -0.05) is 0 Å². The van der Waals surface area contributed by atoms with Crippen LogP contribution in [0.3, 0.4) is 0 Å². The first-order chi connectivity index (χ1) is 12.7. The van der Waals surface area contributed by atoms with Crippen LogP contribution in [0.2, 0.25) is 0 Å². The second-order valence-electron chi connectivity index (χ2n) is 7.63. The maximum Gasteiger partial charge on any atom is 0.416 e. The molecule has 5 nitrogen and oxygen atoms in total. The number of methoxy groups -OCH3 is 1. The summed E-state index contributed by atoms with van der Waals surface area (Å²) in [6, 6.07) is 3.55. The maximum absolute atomic E-state index is 13.1. The Kier molecular flexibility index (Phi) is 5.67. The smallest absolute Gasteiger partial charge is 0.416 e. The number of nitrogens with one attached hydrogen (secondary N) is 1. The molecule has 1 saturated carbocycles. The number of aliphatic hydroxyl groups excluding tert-OH is 1. The summed E-state index contributed by atoms with van der Waals surface area (Å²) in [6.45, 7) is 3.30. The fourth-order valence-electron chi connectivity index (χ4n) is 4.36. The van der Waals surface area contributed by atoms with Gasteiger partial charge in [0.25, 0.3) is 0 Å². The van der Waals surface area contributed by atoms with Crippen LogP contribution < -0.4 is 10.1 Å². The Morgan fingerprint density at radius 2 is 1.93 bits per heavy atom. The summed E-state index contributed by atoms with van der Waals surface area (Å²) in [7, 11) is 1.35. The lowest BCUT2D eigenvalue weighted by molar-refractivity contribution is -0.137. The van der Waals surface area contributed by atoms with Gasteiger partial charge in [-0.15, -0.1) is 0 Å². The van der Waals surface area contributed by atoms with Crippen LogP contribution in [0, 0.1) is 11.8 Å². The summed E-state index contributed by atoms with van der Waals surface area (Å²) in [4.78, 5) is 13.4. The number of benzene rings is 1. The summed E-state index contributed by atoms with van der Waals surface area (Å²) in [5, 5.41) is 13.1. The number of carbonyl (C=O) groups is 1. The lowest BCUT2D eigenvalue weighted by atomic mass is 9.77. The van der Waals surface area contributed by atoms with Gasteiger partial charge in [0.15, 0.2) is 0 Å². The van der Waals surface area contributed by atoms with E-state index in [0.29, 0.717) is 30.9 Å². The van der Waals surface area contributed by atoms with Crippen molar-refractivity contribution in [2.75, 3.05) is 20.2 Å². The molecule has 0 unspecified atom stereocenters. The zero-order valence-corrected chi connectivity index (χ0v) is 15.4. The molecule has 8 heteroatoms. The largest absolute Gasteiger partial charge is 0.497 e. The average Bonchev–Trinajstić information content (AvgIpc) is 2.94. The number of nitrogens with zero attached hydrogens (tertiary/aromatic N) is 1. The van der Waals surface area contributed by atoms with E-state index in [0.717, 1.165) is 19.2 Å². The molecular formula is C19H25F3N2O3. The van der Waals surface area contributed by atoms with Crippen LogP contribution in [0.1, 0.15) is 30.9 Å². The monoisotopic (exact) mass is 386 g/mol. The Labute approximate surface area is 156 Å². The molecule has 1 aliphatic carbocycles. The van der Waals surface area contributed by atoms with E-state index in [2.05, 4.69) is 10.2 Å². The number of halogens is 3. The average molecular weight is 386 g/mol. The molecule has 1 amide bonds. The molecule has 2 fully saturated rings. The number of likely N-dealkylation sites (tertiary alicyclic amines) is 1. The van der Waals surface area contributed by atoms with Gasteiger partial charge in [0.05, 0.1) is 24.8 Å². The van der Waals surface area contributed by atoms with E-state index in [1.807, 2.05) is 0 Å². The number of rotatable bonds is 4. The Balaban J connectivity index is 1.69. The minimum absolute atomic E-state index is 0.164. The van der Waals surface area contributed by atoms with Gasteiger partial charge >= 0.3 is 6.18 Å². The zero-order valence-electron chi connectivity index (χ0n) is 15.4. The van der Waals surface area contributed by atoms with E-state index in [-0.39, 0.29) is 23.6 Å². The molecule has 2 aliphatic rings. The standard InChI is InChI=1S/C19H25F3N2O3/c1-11(25)23-17-5-13-9-24(10-14(13)6-18(17)26)8-12-3-15(19(20,21)22)7-16(4-12)27-2/h3-4,7,13-14,17-18,26H,5-6,8-10H2,1-2H3,(H,23,25)/t13-,14+,17-,18-/m1/s1. The van der Waals surface area contributed by atoms with Gasteiger partial charge in [0.2, 0.25) is 5.91 Å². The van der Waals surface area contributed by atoms with Crippen molar-refractivity contribution in [1.29, 1.82) is 0 Å². The highest BCUT2D eigenvalue weighted by atomic mass is 19.4. The number of aliphatic hydroxyl groups is 1. The molecule has 4 atom stereocenters. The van der Waals surface area contributed by atoms with Gasteiger partial charge in [-0.25, -0.2) is 0 Å². The highest BCUT2D eigenvalue weighted by molar-refractivity contribution is 5.73.